The van der Waals surface area contributed by atoms with Crippen molar-refractivity contribution in [2.45, 2.75) is 25.7 Å². The monoisotopic (exact) mass is 338 g/mol. The molecule has 23 heavy (non-hydrogen) atoms. The van der Waals surface area contributed by atoms with Crippen molar-refractivity contribution in [1.82, 2.24) is 14.5 Å². The highest BCUT2D eigenvalue weighted by Crippen LogP contribution is 2.17. The van der Waals surface area contributed by atoms with Gasteiger partial charge in [-0.25, -0.2) is 8.42 Å². The molecule has 1 aromatic carbocycles. The van der Waals surface area contributed by atoms with Crippen LogP contribution in [-0.2, 0) is 10.0 Å². The van der Waals surface area contributed by atoms with E-state index in [4.69, 9.17) is 4.42 Å². The lowest BCUT2D eigenvalue weighted by Crippen LogP contribution is -2.30. The topological polar surface area (TPSA) is 105 Å². The fourth-order valence-corrected chi connectivity index (χ4v) is 3.47. The summed E-state index contributed by atoms with van der Waals surface area (Å²) in [6, 6.07) is 5.68. The van der Waals surface area contributed by atoms with E-state index in [1.807, 2.05) is 0 Å². The van der Waals surface area contributed by atoms with Crippen molar-refractivity contribution in [2.24, 2.45) is 0 Å². The number of carbonyl (C=O) groups is 1. The first-order valence-electron chi connectivity index (χ1n) is 7.10. The molecule has 8 nitrogen and oxygen atoms in total. The predicted octanol–water partition coefficient (Wildman–Crippen LogP) is 1.66. The molecule has 1 amide bonds. The van der Waals surface area contributed by atoms with Crippen LogP contribution < -0.4 is 5.32 Å². The normalized spacial score (nSPS) is 11.7. The van der Waals surface area contributed by atoms with Crippen LogP contribution in [0.4, 0.5) is 6.01 Å². The molecule has 0 fully saturated rings. The number of carbonyl (C=O) groups excluding carboxylic acids is 1. The molecule has 0 bridgehead atoms. The molecule has 0 aliphatic heterocycles. The predicted molar refractivity (Wildman–Crippen MR) is 83.5 cm³/mol. The number of nitrogens with one attached hydrogen (secondary N) is 1. The maximum atomic E-state index is 12.4. The third kappa shape index (κ3) is 3.74. The minimum atomic E-state index is -3.54. The number of anilines is 1. The Balaban J connectivity index is 2.17. The summed E-state index contributed by atoms with van der Waals surface area (Å²) in [6.07, 6.45) is 0. The molecule has 1 aromatic heterocycles. The summed E-state index contributed by atoms with van der Waals surface area (Å²) >= 11 is 0. The highest BCUT2D eigenvalue weighted by Gasteiger charge is 2.21. The van der Waals surface area contributed by atoms with E-state index in [1.54, 1.807) is 20.8 Å². The van der Waals surface area contributed by atoms with E-state index in [0.29, 0.717) is 24.5 Å². The van der Waals surface area contributed by atoms with Crippen LogP contribution in [0.15, 0.2) is 33.6 Å². The lowest BCUT2D eigenvalue weighted by atomic mass is 10.2. The Kier molecular flexibility index (Phi) is 5.12. The molecule has 0 saturated heterocycles. The molecule has 0 aliphatic carbocycles. The highest BCUT2D eigenvalue weighted by atomic mass is 32.2. The zero-order chi connectivity index (χ0) is 17.0. The van der Waals surface area contributed by atoms with E-state index in [0.717, 1.165) is 0 Å². The standard InChI is InChI=1S/C14H18N4O4S/c1-4-18(5-2)23(20,21)12-8-6-11(7-9-12)13(19)15-14-17-16-10(3)22-14/h6-9H,4-5H2,1-3H3,(H,15,17,19). The van der Waals surface area contributed by atoms with Gasteiger partial charge in [0.25, 0.3) is 5.91 Å². The molecule has 0 saturated carbocycles. The Labute approximate surface area is 134 Å². The maximum Gasteiger partial charge on any atom is 0.322 e. The summed E-state index contributed by atoms with van der Waals surface area (Å²) in [5, 5.41) is 9.71. The lowest BCUT2D eigenvalue weighted by Gasteiger charge is -2.18. The van der Waals surface area contributed by atoms with Crippen LogP contribution in [-0.4, -0.2) is 41.9 Å². The van der Waals surface area contributed by atoms with Crippen LogP contribution in [0.25, 0.3) is 0 Å². The van der Waals surface area contributed by atoms with Crippen molar-refractivity contribution < 1.29 is 17.6 Å². The molecule has 2 aromatic rings. The van der Waals surface area contributed by atoms with Crippen LogP contribution in [0.2, 0.25) is 0 Å². The van der Waals surface area contributed by atoms with Gasteiger partial charge in [0.2, 0.25) is 15.9 Å². The van der Waals surface area contributed by atoms with Gasteiger partial charge in [-0.2, -0.15) is 4.31 Å². The number of aryl methyl sites for hydroxylation is 1. The number of benzene rings is 1. The van der Waals surface area contributed by atoms with Crippen LogP contribution >= 0.6 is 0 Å². The van der Waals surface area contributed by atoms with Crippen molar-refractivity contribution in [3.8, 4) is 0 Å². The Bertz CT molecular complexity index is 779. The van der Waals surface area contributed by atoms with Crippen molar-refractivity contribution in [1.29, 1.82) is 0 Å². The molecule has 1 heterocycles. The molecule has 9 heteroatoms. The first-order chi connectivity index (χ1) is 10.9. The first-order valence-corrected chi connectivity index (χ1v) is 8.54. The fourth-order valence-electron chi connectivity index (χ4n) is 2.01. The van der Waals surface area contributed by atoms with Crippen LogP contribution in [0.3, 0.4) is 0 Å². The Hall–Kier alpha value is -2.26. The summed E-state index contributed by atoms with van der Waals surface area (Å²) < 4.78 is 31.1. The van der Waals surface area contributed by atoms with E-state index in [1.165, 1.54) is 28.6 Å². The first kappa shape index (κ1) is 17.1. The molecule has 124 valence electrons. The zero-order valence-corrected chi connectivity index (χ0v) is 13.9. The second-order valence-electron chi connectivity index (χ2n) is 4.69. The minimum absolute atomic E-state index is 0.00709. The average Bonchev–Trinajstić information content (AvgIpc) is 2.93. The summed E-state index contributed by atoms with van der Waals surface area (Å²) in [6.45, 7) is 5.93. The van der Waals surface area contributed by atoms with Gasteiger partial charge in [0.05, 0.1) is 4.90 Å². The van der Waals surface area contributed by atoms with Gasteiger partial charge < -0.3 is 4.42 Å². The second kappa shape index (κ2) is 6.88. The van der Waals surface area contributed by atoms with E-state index < -0.39 is 15.9 Å². The fraction of sp³-hybridized carbons (Fsp3) is 0.357. The van der Waals surface area contributed by atoms with Gasteiger partial charge in [-0.15, -0.1) is 5.10 Å². The van der Waals surface area contributed by atoms with E-state index in [9.17, 15) is 13.2 Å². The summed E-state index contributed by atoms with van der Waals surface area (Å²) in [7, 11) is -3.54. The van der Waals surface area contributed by atoms with Gasteiger partial charge >= 0.3 is 6.01 Å². The Morgan fingerprint density at radius 3 is 2.26 bits per heavy atom. The number of nitrogens with zero attached hydrogens (tertiary/aromatic N) is 3. The molecule has 0 spiro atoms. The molecule has 2 rings (SSSR count). The molecule has 1 N–H and O–H groups in total. The molecule has 0 unspecified atom stereocenters. The molecule has 0 radical (unpaired) electrons. The smallest absolute Gasteiger partial charge is 0.322 e. The molecular weight excluding hydrogens is 320 g/mol. The number of aromatic nitrogens is 2. The number of rotatable bonds is 6. The number of amides is 1. The second-order valence-corrected chi connectivity index (χ2v) is 6.63. The van der Waals surface area contributed by atoms with Crippen molar-refractivity contribution >= 4 is 21.9 Å². The third-order valence-corrected chi connectivity index (χ3v) is 5.27. The van der Waals surface area contributed by atoms with Crippen molar-refractivity contribution in [2.75, 3.05) is 18.4 Å². The van der Waals surface area contributed by atoms with Gasteiger partial charge in [-0.1, -0.05) is 18.9 Å². The van der Waals surface area contributed by atoms with Gasteiger partial charge in [-0.05, 0) is 24.3 Å². The largest absolute Gasteiger partial charge is 0.408 e. The highest BCUT2D eigenvalue weighted by molar-refractivity contribution is 7.89. The Morgan fingerprint density at radius 2 is 1.78 bits per heavy atom. The molecular formula is C14H18N4O4S. The Morgan fingerprint density at radius 1 is 1.17 bits per heavy atom. The van der Waals surface area contributed by atoms with E-state index in [-0.39, 0.29) is 10.9 Å². The SMILES string of the molecule is CCN(CC)S(=O)(=O)c1ccc(C(=O)Nc2nnc(C)o2)cc1. The van der Waals surface area contributed by atoms with Crippen LogP contribution in [0.1, 0.15) is 30.1 Å². The summed E-state index contributed by atoms with van der Waals surface area (Å²) in [5.41, 5.74) is 0.291. The van der Waals surface area contributed by atoms with Crippen molar-refractivity contribution in [3.63, 3.8) is 0 Å². The summed E-state index contributed by atoms with van der Waals surface area (Å²) in [5.74, 6) is -0.124. The van der Waals surface area contributed by atoms with Gasteiger partial charge in [0, 0.05) is 25.6 Å². The van der Waals surface area contributed by atoms with Gasteiger partial charge in [-0.3, -0.25) is 10.1 Å². The van der Waals surface area contributed by atoms with Crippen LogP contribution in [0, 0.1) is 6.92 Å². The average molecular weight is 338 g/mol. The lowest BCUT2D eigenvalue weighted by molar-refractivity contribution is 0.102. The minimum Gasteiger partial charge on any atom is -0.408 e. The van der Waals surface area contributed by atoms with Gasteiger partial charge in [0.15, 0.2) is 0 Å². The third-order valence-electron chi connectivity index (χ3n) is 3.21. The zero-order valence-electron chi connectivity index (χ0n) is 13.1. The molecule has 0 atom stereocenters. The van der Waals surface area contributed by atoms with E-state index in [2.05, 4.69) is 15.5 Å². The summed E-state index contributed by atoms with van der Waals surface area (Å²) in [4.78, 5) is 12.2. The number of sulfonamides is 1. The van der Waals surface area contributed by atoms with Crippen LogP contribution in [0.5, 0.6) is 0 Å². The number of hydrogen-bond donors (Lipinski definition) is 1. The number of hydrogen-bond acceptors (Lipinski definition) is 6. The van der Waals surface area contributed by atoms with Gasteiger partial charge in [0.1, 0.15) is 0 Å². The quantitative estimate of drug-likeness (QED) is 0.859. The maximum absolute atomic E-state index is 12.4. The molecule has 0 aliphatic rings. The van der Waals surface area contributed by atoms with E-state index >= 15 is 0 Å². The van der Waals surface area contributed by atoms with Crippen molar-refractivity contribution in [3.05, 3.63) is 35.7 Å².